The molecule has 0 aromatic heterocycles. The van der Waals surface area contributed by atoms with Gasteiger partial charge in [0, 0.05) is 12.6 Å². The molecule has 128 valence electrons. The molecule has 3 nitrogen and oxygen atoms in total. The van der Waals surface area contributed by atoms with Crippen molar-refractivity contribution in [1.29, 1.82) is 0 Å². The Morgan fingerprint density at radius 2 is 1.76 bits per heavy atom. The molecular weight excluding hydrogens is 349 g/mol. The summed E-state index contributed by atoms with van der Waals surface area (Å²) in [4.78, 5) is 18.4. The van der Waals surface area contributed by atoms with Crippen LogP contribution in [0.3, 0.4) is 0 Å². The van der Waals surface area contributed by atoms with Gasteiger partial charge < -0.3 is 0 Å². The number of aliphatic imine (C=N–C) groups is 1. The van der Waals surface area contributed by atoms with Crippen molar-refractivity contribution in [3.63, 3.8) is 0 Å². The maximum absolute atomic E-state index is 13.8. The minimum Gasteiger partial charge on any atom is -0.287 e. The molecule has 0 unspecified atom stereocenters. The van der Waals surface area contributed by atoms with E-state index in [2.05, 4.69) is 4.99 Å². The van der Waals surface area contributed by atoms with E-state index in [4.69, 9.17) is 0 Å². The molecule has 0 radical (unpaired) electrons. The second-order valence-electron chi connectivity index (χ2n) is 5.20. The fourth-order valence-electron chi connectivity index (χ4n) is 2.26. The van der Waals surface area contributed by atoms with Gasteiger partial charge in [0.2, 0.25) is 0 Å². The summed E-state index contributed by atoms with van der Waals surface area (Å²) in [6, 6.07) is 8.79. The molecular formula is C18H13F3N2OS. The molecule has 0 atom stereocenters. The number of likely N-dealkylation sites (N-methyl/N-ethyl adjacent to an activating group) is 1. The molecule has 0 N–H and O–H groups in total. The van der Waals surface area contributed by atoms with E-state index in [-0.39, 0.29) is 17.4 Å². The molecule has 2 aromatic carbocycles. The highest BCUT2D eigenvalue weighted by Crippen LogP contribution is 2.34. The standard InChI is InChI=1S/C18H13F3N2OS/c1-2-23-17(24)16(9-11-3-5-12(19)6-4-11)25-18(23)22-15-8-7-13(20)10-14(15)21/h3-10H,2H2,1H3/b16-9+,22-18?. The van der Waals surface area contributed by atoms with E-state index in [9.17, 15) is 18.0 Å². The van der Waals surface area contributed by atoms with E-state index in [1.807, 2.05) is 0 Å². The third-order valence-electron chi connectivity index (χ3n) is 3.50. The Hall–Kier alpha value is -2.54. The molecule has 1 fully saturated rings. The Bertz CT molecular complexity index is 878. The van der Waals surface area contributed by atoms with Gasteiger partial charge in [0.15, 0.2) is 11.0 Å². The quantitative estimate of drug-likeness (QED) is 0.740. The maximum Gasteiger partial charge on any atom is 0.266 e. The zero-order valence-corrected chi connectivity index (χ0v) is 14.0. The van der Waals surface area contributed by atoms with E-state index >= 15 is 0 Å². The van der Waals surface area contributed by atoms with Crippen LogP contribution < -0.4 is 0 Å². The molecule has 2 aromatic rings. The minimum absolute atomic E-state index is 0.0433. The van der Waals surface area contributed by atoms with Crippen molar-refractivity contribution in [2.24, 2.45) is 4.99 Å². The average Bonchev–Trinajstić information content (AvgIpc) is 2.87. The number of hydrogen-bond acceptors (Lipinski definition) is 3. The predicted molar refractivity (Wildman–Crippen MR) is 92.8 cm³/mol. The van der Waals surface area contributed by atoms with Crippen LogP contribution in [0.25, 0.3) is 6.08 Å². The second kappa shape index (κ2) is 7.14. The second-order valence-corrected chi connectivity index (χ2v) is 6.21. The fraction of sp³-hybridized carbons (Fsp3) is 0.111. The molecule has 1 aliphatic heterocycles. The van der Waals surface area contributed by atoms with Crippen LogP contribution in [0.1, 0.15) is 12.5 Å². The van der Waals surface area contributed by atoms with Crippen LogP contribution in [0, 0.1) is 17.5 Å². The van der Waals surface area contributed by atoms with Gasteiger partial charge in [-0.2, -0.15) is 0 Å². The van der Waals surface area contributed by atoms with Crippen LogP contribution in [0.4, 0.5) is 18.9 Å². The van der Waals surface area contributed by atoms with Gasteiger partial charge in [-0.05, 0) is 54.6 Å². The van der Waals surface area contributed by atoms with Gasteiger partial charge >= 0.3 is 0 Å². The number of rotatable bonds is 3. The maximum atomic E-state index is 13.8. The minimum atomic E-state index is -0.799. The van der Waals surface area contributed by atoms with Gasteiger partial charge in [0.05, 0.1) is 4.91 Å². The average molecular weight is 362 g/mol. The third-order valence-corrected chi connectivity index (χ3v) is 4.50. The normalized spacial score (nSPS) is 17.8. The van der Waals surface area contributed by atoms with Crippen molar-refractivity contribution in [1.82, 2.24) is 4.90 Å². The van der Waals surface area contributed by atoms with Crippen molar-refractivity contribution in [3.05, 3.63) is 70.4 Å². The summed E-state index contributed by atoms with van der Waals surface area (Å²) in [5.74, 6) is -2.12. The van der Waals surface area contributed by atoms with Gasteiger partial charge in [-0.3, -0.25) is 9.69 Å². The highest BCUT2D eigenvalue weighted by atomic mass is 32.2. The molecule has 7 heteroatoms. The first-order chi connectivity index (χ1) is 12.0. The van der Waals surface area contributed by atoms with Crippen molar-refractivity contribution >= 4 is 34.6 Å². The first-order valence-corrected chi connectivity index (χ1v) is 8.30. The smallest absolute Gasteiger partial charge is 0.266 e. The number of carbonyl (C=O) groups excluding carboxylic acids is 1. The number of nitrogens with zero attached hydrogens (tertiary/aromatic N) is 2. The SMILES string of the molecule is CCN1C(=O)/C(=C\c2ccc(F)cc2)SC1=Nc1ccc(F)cc1F. The van der Waals surface area contributed by atoms with Crippen LogP contribution in [0.2, 0.25) is 0 Å². The van der Waals surface area contributed by atoms with E-state index in [1.54, 1.807) is 25.1 Å². The summed E-state index contributed by atoms with van der Waals surface area (Å²) in [6.45, 7) is 2.13. The molecule has 3 rings (SSSR count). The predicted octanol–water partition coefficient (Wildman–Crippen LogP) is 4.73. The van der Waals surface area contributed by atoms with Crippen LogP contribution in [0.15, 0.2) is 52.4 Å². The first kappa shape index (κ1) is 17.3. The highest BCUT2D eigenvalue weighted by Gasteiger charge is 2.32. The van der Waals surface area contributed by atoms with Crippen LogP contribution in [-0.4, -0.2) is 22.5 Å². The number of benzene rings is 2. The Labute approximate surface area is 146 Å². The van der Waals surface area contributed by atoms with Crippen molar-refractivity contribution in [3.8, 4) is 0 Å². The number of amidine groups is 1. The molecule has 1 saturated heterocycles. The molecule has 25 heavy (non-hydrogen) atoms. The van der Waals surface area contributed by atoms with E-state index in [1.165, 1.54) is 23.1 Å². The Morgan fingerprint density at radius 3 is 2.40 bits per heavy atom. The number of amides is 1. The van der Waals surface area contributed by atoms with Gasteiger partial charge in [-0.15, -0.1) is 0 Å². The summed E-state index contributed by atoms with van der Waals surface area (Å²) in [5, 5.41) is 0.311. The summed E-state index contributed by atoms with van der Waals surface area (Å²) in [5.41, 5.74) is 0.626. The van der Waals surface area contributed by atoms with E-state index < -0.39 is 11.6 Å². The zero-order valence-electron chi connectivity index (χ0n) is 13.2. The van der Waals surface area contributed by atoms with Gasteiger partial charge in [0.25, 0.3) is 5.91 Å². The summed E-state index contributed by atoms with van der Waals surface area (Å²) >= 11 is 1.09. The molecule has 0 aliphatic carbocycles. The zero-order chi connectivity index (χ0) is 18.0. The van der Waals surface area contributed by atoms with Crippen molar-refractivity contribution in [2.45, 2.75) is 6.92 Å². The van der Waals surface area contributed by atoms with Crippen molar-refractivity contribution < 1.29 is 18.0 Å². The monoisotopic (exact) mass is 362 g/mol. The summed E-state index contributed by atoms with van der Waals surface area (Å²) < 4.78 is 39.8. The lowest BCUT2D eigenvalue weighted by Gasteiger charge is -2.12. The highest BCUT2D eigenvalue weighted by molar-refractivity contribution is 8.18. The number of carbonyl (C=O) groups is 1. The topological polar surface area (TPSA) is 32.7 Å². The number of thioether (sulfide) groups is 1. The van der Waals surface area contributed by atoms with E-state index in [0.29, 0.717) is 22.2 Å². The van der Waals surface area contributed by atoms with Gasteiger partial charge in [-0.1, -0.05) is 12.1 Å². The molecule has 0 saturated carbocycles. The Morgan fingerprint density at radius 1 is 1.08 bits per heavy atom. The fourth-order valence-corrected chi connectivity index (χ4v) is 3.31. The van der Waals surface area contributed by atoms with Crippen molar-refractivity contribution in [2.75, 3.05) is 6.54 Å². The summed E-state index contributed by atoms with van der Waals surface area (Å²) in [7, 11) is 0. The lowest BCUT2D eigenvalue weighted by atomic mass is 10.2. The lowest BCUT2D eigenvalue weighted by molar-refractivity contribution is -0.122. The number of halogens is 3. The summed E-state index contributed by atoms with van der Waals surface area (Å²) in [6.07, 6.45) is 1.62. The molecule has 1 heterocycles. The molecule has 1 aliphatic rings. The van der Waals surface area contributed by atoms with Crippen LogP contribution >= 0.6 is 11.8 Å². The third kappa shape index (κ3) is 3.76. The largest absolute Gasteiger partial charge is 0.287 e. The Kier molecular flexibility index (Phi) is 4.94. The molecule has 1 amide bonds. The molecule has 0 spiro atoms. The first-order valence-electron chi connectivity index (χ1n) is 7.48. The lowest BCUT2D eigenvalue weighted by Crippen LogP contribution is -2.28. The van der Waals surface area contributed by atoms with E-state index in [0.717, 1.165) is 23.9 Å². The van der Waals surface area contributed by atoms with Gasteiger partial charge in [-0.25, -0.2) is 18.2 Å². The molecule has 0 bridgehead atoms. The van der Waals surface area contributed by atoms with Crippen LogP contribution in [-0.2, 0) is 4.79 Å². The number of hydrogen-bond donors (Lipinski definition) is 0. The van der Waals surface area contributed by atoms with Gasteiger partial charge in [0.1, 0.15) is 17.3 Å². The Balaban J connectivity index is 1.94. The van der Waals surface area contributed by atoms with Crippen LogP contribution in [0.5, 0.6) is 0 Å².